The van der Waals surface area contributed by atoms with Crippen LogP contribution in [-0.4, -0.2) is 60.0 Å². The van der Waals surface area contributed by atoms with Crippen LogP contribution in [0.2, 0.25) is 0 Å². The fourth-order valence-electron chi connectivity index (χ4n) is 2.24. The first-order chi connectivity index (χ1) is 8.98. The molecule has 0 N–H and O–H groups in total. The Bertz CT molecular complexity index is 357. The van der Waals surface area contributed by atoms with Crippen LogP contribution < -0.4 is 0 Å². The minimum Gasteiger partial charge on any atom is -0.377 e. The molecule has 1 aliphatic rings. The van der Waals surface area contributed by atoms with E-state index in [0.717, 1.165) is 6.42 Å². The predicted molar refractivity (Wildman–Crippen MR) is 73.7 cm³/mol. The highest BCUT2D eigenvalue weighted by Gasteiger charge is 2.37. The van der Waals surface area contributed by atoms with Crippen molar-refractivity contribution in [1.29, 1.82) is 0 Å². The minimum absolute atomic E-state index is 0.0234. The highest BCUT2D eigenvalue weighted by molar-refractivity contribution is 5.91. The number of hydrogen-bond donors (Lipinski definition) is 0. The average molecular weight is 268 g/mol. The molecule has 0 bridgehead atoms. The summed E-state index contributed by atoms with van der Waals surface area (Å²) in [5.41, 5.74) is -0.272. The van der Waals surface area contributed by atoms with Gasteiger partial charge in [-0.3, -0.25) is 9.59 Å². The quantitative estimate of drug-likeness (QED) is 0.700. The molecule has 0 spiro atoms. The lowest BCUT2D eigenvalue weighted by atomic mass is 9.96. The van der Waals surface area contributed by atoms with Crippen molar-refractivity contribution in [3.63, 3.8) is 0 Å². The van der Waals surface area contributed by atoms with E-state index < -0.39 is 0 Å². The van der Waals surface area contributed by atoms with Gasteiger partial charge in [0.1, 0.15) is 6.54 Å². The van der Waals surface area contributed by atoms with Crippen molar-refractivity contribution in [2.45, 2.75) is 32.7 Å². The molecule has 1 atom stereocenters. The highest BCUT2D eigenvalue weighted by atomic mass is 16.5. The number of ether oxygens (including phenoxy) is 1. The van der Waals surface area contributed by atoms with E-state index in [-0.39, 0.29) is 23.9 Å². The number of nitrogens with zero attached hydrogens (tertiary/aromatic N) is 2. The van der Waals surface area contributed by atoms with Gasteiger partial charge in [0.15, 0.2) is 0 Å². The topological polar surface area (TPSA) is 49.9 Å². The number of amides is 2. The number of carbonyl (C=O) groups is 2. The Morgan fingerprint density at radius 2 is 2.16 bits per heavy atom. The maximum atomic E-state index is 12.4. The molecule has 0 radical (unpaired) electrons. The van der Waals surface area contributed by atoms with Crippen molar-refractivity contribution in [2.24, 2.45) is 0 Å². The molecule has 1 rings (SSSR count). The van der Waals surface area contributed by atoms with Gasteiger partial charge in [0.25, 0.3) is 0 Å². The summed E-state index contributed by atoms with van der Waals surface area (Å²) in [5, 5.41) is 0. The van der Waals surface area contributed by atoms with Gasteiger partial charge in [0.2, 0.25) is 11.8 Å². The first kappa shape index (κ1) is 15.7. The van der Waals surface area contributed by atoms with Crippen molar-refractivity contribution in [3.8, 4) is 0 Å². The number of morpholine rings is 1. The number of likely N-dealkylation sites (N-methyl/N-ethyl adjacent to an activating group) is 1. The van der Waals surface area contributed by atoms with Gasteiger partial charge in [-0.25, -0.2) is 0 Å². The van der Waals surface area contributed by atoms with Crippen LogP contribution in [0.5, 0.6) is 0 Å². The molecule has 1 saturated heterocycles. The van der Waals surface area contributed by atoms with Crippen LogP contribution in [0.25, 0.3) is 0 Å². The Balaban J connectivity index is 2.75. The Kier molecular flexibility index (Phi) is 5.54. The van der Waals surface area contributed by atoms with Gasteiger partial charge >= 0.3 is 0 Å². The van der Waals surface area contributed by atoms with Gasteiger partial charge in [-0.15, -0.1) is 0 Å². The fraction of sp³-hybridized carbons (Fsp3) is 0.714. The van der Waals surface area contributed by atoms with E-state index in [2.05, 4.69) is 6.58 Å². The smallest absolute Gasteiger partial charge is 0.246 e. The van der Waals surface area contributed by atoms with E-state index >= 15 is 0 Å². The summed E-state index contributed by atoms with van der Waals surface area (Å²) in [4.78, 5) is 27.4. The summed E-state index contributed by atoms with van der Waals surface area (Å²) >= 11 is 0. The predicted octanol–water partition coefficient (Wildman–Crippen LogP) is 1.05. The molecular weight excluding hydrogens is 244 g/mol. The summed E-state index contributed by atoms with van der Waals surface area (Å²) in [6.45, 7) is 11.7. The Morgan fingerprint density at radius 1 is 1.47 bits per heavy atom. The first-order valence-corrected chi connectivity index (χ1v) is 6.78. The molecule has 108 valence electrons. The average Bonchev–Trinajstić information content (AvgIpc) is 2.44. The van der Waals surface area contributed by atoms with Crippen LogP contribution in [-0.2, 0) is 14.3 Å². The van der Waals surface area contributed by atoms with E-state index in [4.69, 9.17) is 4.74 Å². The van der Waals surface area contributed by atoms with Crippen LogP contribution in [0.15, 0.2) is 12.7 Å². The Labute approximate surface area is 115 Å². The van der Waals surface area contributed by atoms with Crippen LogP contribution in [0, 0.1) is 0 Å². The summed E-state index contributed by atoms with van der Waals surface area (Å²) in [6, 6.07) is 0. The normalized spacial score (nSPS) is 23.0. The molecule has 2 amide bonds. The molecule has 0 aromatic carbocycles. The van der Waals surface area contributed by atoms with Crippen LogP contribution >= 0.6 is 0 Å². The molecule has 19 heavy (non-hydrogen) atoms. The molecule has 1 fully saturated rings. The zero-order valence-corrected chi connectivity index (χ0v) is 12.1. The Morgan fingerprint density at radius 3 is 2.68 bits per heavy atom. The molecule has 0 aromatic heterocycles. The fourth-order valence-corrected chi connectivity index (χ4v) is 2.24. The van der Waals surface area contributed by atoms with E-state index in [0.29, 0.717) is 26.3 Å². The van der Waals surface area contributed by atoms with Gasteiger partial charge in [-0.05, 0) is 26.3 Å². The van der Waals surface area contributed by atoms with E-state index in [1.54, 1.807) is 0 Å². The number of hydrogen-bond acceptors (Lipinski definition) is 3. The standard InChI is InChI=1S/C14H24N2O3/c1-5-12(17)15(7-3)10-13(18)16-8-9-19-11-14(16,4)6-2/h5H,1,6-11H2,2-4H3. The number of carbonyl (C=O) groups excluding carboxylic acids is 2. The highest BCUT2D eigenvalue weighted by Crippen LogP contribution is 2.23. The summed E-state index contributed by atoms with van der Waals surface area (Å²) in [5.74, 6) is -0.230. The molecular formula is C14H24N2O3. The molecule has 0 aromatic rings. The summed E-state index contributed by atoms with van der Waals surface area (Å²) in [7, 11) is 0. The van der Waals surface area contributed by atoms with Gasteiger partial charge in [0.05, 0.1) is 18.8 Å². The molecule has 1 unspecified atom stereocenters. The molecule has 0 saturated carbocycles. The van der Waals surface area contributed by atoms with E-state index in [1.807, 2.05) is 25.7 Å². The van der Waals surface area contributed by atoms with Crippen molar-refractivity contribution in [2.75, 3.05) is 32.8 Å². The largest absolute Gasteiger partial charge is 0.377 e. The summed E-state index contributed by atoms with van der Waals surface area (Å²) < 4.78 is 5.47. The molecule has 1 aliphatic heterocycles. The maximum Gasteiger partial charge on any atom is 0.246 e. The van der Waals surface area contributed by atoms with Gasteiger partial charge in [-0.2, -0.15) is 0 Å². The van der Waals surface area contributed by atoms with Crippen molar-refractivity contribution < 1.29 is 14.3 Å². The second-order valence-electron chi connectivity index (χ2n) is 5.00. The lowest BCUT2D eigenvalue weighted by Gasteiger charge is -2.44. The zero-order chi connectivity index (χ0) is 14.5. The van der Waals surface area contributed by atoms with Crippen molar-refractivity contribution in [1.82, 2.24) is 9.80 Å². The molecule has 0 aliphatic carbocycles. The Hall–Kier alpha value is -1.36. The van der Waals surface area contributed by atoms with Crippen LogP contribution in [0.1, 0.15) is 27.2 Å². The first-order valence-electron chi connectivity index (χ1n) is 6.78. The molecule has 5 heteroatoms. The van der Waals surface area contributed by atoms with E-state index in [1.165, 1.54) is 11.0 Å². The lowest BCUT2D eigenvalue weighted by molar-refractivity contribution is -0.151. The van der Waals surface area contributed by atoms with Crippen molar-refractivity contribution >= 4 is 11.8 Å². The third-order valence-electron chi connectivity index (χ3n) is 3.78. The third kappa shape index (κ3) is 3.56. The molecule has 5 nitrogen and oxygen atoms in total. The second kappa shape index (κ2) is 6.70. The SMILES string of the molecule is C=CC(=O)N(CC)CC(=O)N1CCOCC1(C)CC. The van der Waals surface area contributed by atoms with Crippen LogP contribution in [0.4, 0.5) is 0 Å². The van der Waals surface area contributed by atoms with Crippen LogP contribution in [0.3, 0.4) is 0 Å². The monoisotopic (exact) mass is 268 g/mol. The minimum atomic E-state index is -0.272. The van der Waals surface area contributed by atoms with E-state index in [9.17, 15) is 9.59 Å². The number of rotatable bonds is 5. The van der Waals surface area contributed by atoms with Gasteiger partial charge in [-0.1, -0.05) is 13.5 Å². The summed E-state index contributed by atoms with van der Waals surface area (Å²) in [6.07, 6.45) is 2.08. The third-order valence-corrected chi connectivity index (χ3v) is 3.78. The van der Waals surface area contributed by atoms with Gasteiger partial charge in [0, 0.05) is 13.1 Å². The molecule has 1 heterocycles. The second-order valence-corrected chi connectivity index (χ2v) is 5.00. The zero-order valence-electron chi connectivity index (χ0n) is 12.1. The van der Waals surface area contributed by atoms with Crippen molar-refractivity contribution in [3.05, 3.63) is 12.7 Å². The lowest BCUT2D eigenvalue weighted by Crippen LogP contribution is -2.59. The van der Waals surface area contributed by atoms with Gasteiger partial charge < -0.3 is 14.5 Å². The maximum absolute atomic E-state index is 12.4.